The summed E-state index contributed by atoms with van der Waals surface area (Å²) in [5.41, 5.74) is 1.78. The minimum Gasteiger partial charge on any atom is -0.352 e. The third-order valence-corrected chi connectivity index (χ3v) is 6.45. The lowest BCUT2D eigenvalue weighted by Gasteiger charge is -2.22. The van der Waals surface area contributed by atoms with Crippen LogP contribution in [0, 0.1) is 5.92 Å². The van der Waals surface area contributed by atoms with Gasteiger partial charge in [-0.15, -0.1) is 11.8 Å². The third kappa shape index (κ3) is 6.52. The Bertz CT molecular complexity index is 840. The number of rotatable bonds is 8. The van der Waals surface area contributed by atoms with E-state index in [1.165, 1.54) is 11.3 Å². The van der Waals surface area contributed by atoms with Crippen LogP contribution in [0.3, 0.4) is 0 Å². The molecule has 6 heteroatoms. The van der Waals surface area contributed by atoms with Crippen LogP contribution in [0.15, 0.2) is 64.5 Å². The molecule has 1 heterocycles. The predicted octanol–water partition coefficient (Wildman–Crippen LogP) is 4.02. The first-order valence-corrected chi connectivity index (χ1v) is 11.7. The molecule has 0 aromatic heterocycles. The van der Waals surface area contributed by atoms with Gasteiger partial charge < -0.3 is 15.5 Å². The topological polar surface area (TPSA) is 56.7 Å². The second kappa shape index (κ2) is 11.6. The summed E-state index contributed by atoms with van der Waals surface area (Å²) >= 11 is 1.93. The predicted molar refractivity (Wildman–Crippen MR) is 126 cm³/mol. The molecule has 1 aliphatic rings. The lowest BCUT2D eigenvalue weighted by atomic mass is 10.1. The van der Waals surface area contributed by atoms with E-state index in [0.29, 0.717) is 24.6 Å². The van der Waals surface area contributed by atoms with Crippen LogP contribution in [-0.4, -0.2) is 49.2 Å². The highest BCUT2D eigenvalue weighted by molar-refractivity contribution is 7.99. The molecule has 2 aromatic rings. The van der Waals surface area contributed by atoms with E-state index < -0.39 is 0 Å². The molecule has 3 rings (SSSR count). The Morgan fingerprint density at radius 1 is 1.17 bits per heavy atom. The number of carbonyl (C=O) groups excluding carboxylic acids is 1. The third-order valence-electron chi connectivity index (χ3n) is 5.20. The number of nitrogens with zero attached hydrogens (tertiary/aromatic N) is 2. The van der Waals surface area contributed by atoms with E-state index in [1.54, 1.807) is 0 Å². The Labute approximate surface area is 184 Å². The van der Waals surface area contributed by atoms with Crippen LogP contribution in [0.1, 0.15) is 35.7 Å². The highest BCUT2D eigenvalue weighted by atomic mass is 32.2. The molecule has 1 fully saturated rings. The van der Waals surface area contributed by atoms with Crippen LogP contribution in [0.5, 0.6) is 0 Å². The van der Waals surface area contributed by atoms with E-state index in [4.69, 9.17) is 0 Å². The number of nitrogens with one attached hydrogen (secondary N) is 2. The number of amides is 1. The number of guanidine groups is 1. The van der Waals surface area contributed by atoms with Crippen LogP contribution < -0.4 is 10.6 Å². The van der Waals surface area contributed by atoms with Crippen LogP contribution in [0.4, 0.5) is 0 Å². The zero-order chi connectivity index (χ0) is 21.2. The number of hydrogen-bond donors (Lipinski definition) is 2. The average Bonchev–Trinajstić information content (AvgIpc) is 3.26. The second-order valence-electron chi connectivity index (χ2n) is 7.58. The zero-order valence-electron chi connectivity index (χ0n) is 17.9. The first kappa shape index (κ1) is 22.2. The summed E-state index contributed by atoms with van der Waals surface area (Å²) in [6.45, 7) is 5.46. The normalized spacial score (nSPS) is 16.5. The lowest BCUT2D eigenvalue weighted by molar-refractivity contribution is 0.0953. The average molecular weight is 425 g/mol. The highest BCUT2D eigenvalue weighted by Gasteiger charge is 2.24. The fourth-order valence-electron chi connectivity index (χ4n) is 3.57. The minimum absolute atomic E-state index is 0.0126. The van der Waals surface area contributed by atoms with Gasteiger partial charge in [0.25, 0.3) is 5.91 Å². The van der Waals surface area contributed by atoms with E-state index in [0.717, 1.165) is 36.8 Å². The Morgan fingerprint density at radius 3 is 2.77 bits per heavy atom. The SMILES string of the molecule is CCCNC(=O)c1cccc(CNC(=NC)N2CCC(CSc3ccccc3)C2)c1. The molecule has 1 amide bonds. The van der Waals surface area contributed by atoms with E-state index in [9.17, 15) is 4.79 Å². The van der Waals surface area contributed by atoms with Gasteiger partial charge in [-0.25, -0.2) is 0 Å². The van der Waals surface area contributed by atoms with Gasteiger partial charge in [-0.1, -0.05) is 37.3 Å². The molecule has 160 valence electrons. The summed E-state index contributed by atoms with van der Waals surface area (Å²) in [7, 11) is 1.84. The maximum atomic E-state index is 12.2. The number of carbonyl (C=O) groups is 1. The second-order valence-corrected chi connectivity index (χ2v) is 8.68. The number of hydrogen-bond acceptors (Lipinski definition) is 3. The van der Waals surface area contributed by atoms with Gasteiger partial charge in [-0.05, 0) is 48.6 Å². The van der Waals surface area contributed by atoms with E-state index in [2.05, 4.69) is 57.8 Å². The van der Waals surface area contributed by atoms with Gasteiger partial charge >= 0.3 is 0 Å². The lowest BCUT2D eigenvalue weighted by Crippen LogP contribution is -2.39. The molecule has 2 aromatic carbocycles. The number of benzene rings is 2. The van der Waals surface area contributed by atoms with Gasteiger partial charge in [0.05, 0.1) is 0 Å². The standard InChI is InChI=1S/C24H32N4OS/c1-3-13-26-23(29)21-9-7-8-19(15-21)16-27-24(25-2)28-14-12-20(17-28)18-30-22-10-5-4-6-11-22/h4-11,15,20H,3,12-14,16-18H2,1-2H3,(H,25,27)(H,26,29). The van der Waals surface area contributed by atoms with Crippen molar-refractivity contribution < 1.29 is 4.79 Å². The maximum Gasteiger partial charge on any atom is 0.251 e. The van der Waals surface area contributed by atoms with Crippen molar-refractivity contribution >= 4 is 23.6 Å². The van der Waals surface area contributed by atoms with Crippen molar-refractivity contribution in [1.82, 2.24) is 15.5 Å². The van der Waals surface area contributed by atoms with Crippen molar-refractivity contribution in [3.05, 3.63) is 65.7 Å². The maximum absolute atomic E-state index is 12.2. The summed E-state index contributed by atoms with van der Waals surface area (Å²) in [4.78, 5) is 20.4. The summed E-state index contributed by atoms with van der Waals surface area (Å²) in [5, 5.41) is 6.40. The molecule has 1 unspecified atom stereocenters. The van der Waals surface area contributed by atoms with Crippen LogP contribution in [0.25, 0.3) is 0 Å². The molecule has 30 heavy (non-hydrogen) atoms. The molecule has 0 saturated carbocycles. The smallest absolute Gasteiger partial charge is 0.251 e. The Morgan fingerprint density at radius 2 is 2.00 bits per heavy atom. The Hall–Kier alpha value is -2.47. The molecular weight excluding hydrogens is 392 g/mol. The molecular formula is C24H32N4OS. The summed E-state index contributed by atoms with van der Waals surface area (Å²) in [5.74, 6) is 2.72. The van der Waals surface area contributed by atoms with Gasteiger partial charge in [0.2, 0.25) is 0 Å². The Kier molecular flexibility index (Phi) is 8.63. The van der Waals surface area contributed by atoms with E-state index >= 15 is 0 Å². The highest BCUT2D eigenvalue weighted by Crippen LogP contribution is 2.25. The Balaban J connectivity index is 1.48. The molecule has 0 spiro atoms. The van der Waals surface area contributed by atoms with Gasteiger partial charge in [-0.3, -0.25) is 9.79 Å². The fourth-order valence-corrected chi connectivity index (χ4v) is 4.62. The first-order chi connectivity index (χ1) is 14.7. The van der Waals surface area contributed by atoms with Gasteiger partial charge in [0, 0.05) is 49.4 Å². The number of likely N-dealkylation sites (tertiary alicyclic amines) is 1. The molecule has 1 saturated heterocycles. The fraction of sp³-hybridized carbons (Fsp3) is 0.417. The van der Waals surface area contributed by atoms with Crippen molar-refractivity contribution in [2.75, 3.05) is 32.4 Å². The van der Waals surface area contributed by atoms with Crippen molar-refractivity contribution in [3.8, 4) is 0 Å². The number of aliphatic imine (C=N–C) groups is 1. The summed E-state index contributed by atoms with van der Waals surface area (Å²) < 4.78 is 0. The summed E-state index contributed by atoms with van der Waals surface area (Å²) in [6, 6.07) is 18.4. The monoisotopic (exact) mass is 424 g/mol. The van der Waals surface area contributed by atoms with Crippen LogP contribution >= 0.6 is 11.8 Å². The summed E-state index contributed by atoms with van der Waals surface area (Å²) in [6.07, 6.45) is 2.12. The molecule has 0 bridgehead atoms. The first-order valence-electron chi connectivity index (χ1n) is 10.7. The van der Waals surface area contributed by atoms with Gasteiger partial charge in [-0.2, -0.15) is 0 Å². The number of thioether (sulfide) groups is 1. The van der Waals surface area contributed by atoms with E-state index in [1.807, 2.05) is 43.1 Å². The van der Waals surface area contributed by atoms with Crippen LogP contribution in [-0.2, 0) is 6.54 Å². The van der Waals surface area contributed by atoms with E-state index in [-0.39, 0.29) is 5.91 Å². The quantitative estimate of drug-likeness (QED) is 0.382. The van der Waals surface area contributed by atoms with Crippen molar-refractivity contribution in [2.24, 2.45) is 10.9 Å². The molecule has 1 atom stereocenters. The molecule has 1 aliphatic heterocycles. The van der Waals surface area contributed by atoms with Crippen molar-refractivity contribution in [1.29, 1.82) is 0 Å². The molecule has 0 radical (unpaired) electrons. The minimum atomic E-state index is -0.0126. The van der Waals surface area contributed by atoms with Gasteiger partial charge in [0.15, 0.2) is 5.96 Å². The van der Waals surface area contributed by atoms with Crippen molar-refractivity contribution in [2.45, 2.75) is 31.2 Å². The van der Waals surface area contributed by atoms with Crippen LogP contribution in [0.2, 0.25) is 0 Å². The molecule has 0 aliphatic carbocycles. The largest absolute Gasteiger partial charge is 0.352 e. The van der Waals surface area contributed by atoms with Crippen molar-refractivity contribution in [3.63, 3.8) is 0 Å². The van der Waals surface area contributed by atoms with Gasteiger partial charge in [0.1, 0.15) is 0 Å². The molecule has 2 N–H and O–H groups in total. The molecule has 5 nitrogen and oxygen atoms in total. The zero-order valence-corrected chi connectivity index (χ0v) is 18.8.